The molecule has 0 aliphatic carbocycles. The summed E-state index contributed by atoms with van der Waals surface area (Å²) in [7, 11) is -3.59. The van der Waals surface area contributed by atoms with Gasteiger partial charge in [0.05, 0.1) is 11.5 Å². The first kappa shape index (κ1) is 18.9. The van der Waals surface area contributed by atoms with Gasteiger partial charge in [0, 0.05) is 11.8 Å². The minimum atomic E-state index is -3.59. The molecule has 0 N–H and O–H groups in total. The van der Waals surface area contributed by atoms with E-state index < -0.39 is 9.84 Å². The minimum Gasteiger partial charge on any atom is -0.466 e. The third kappa shape index (κ3) is 5.29. The summed E-state index contributed by atoms with van der Waals surface area (Å²) in [4.78, 5) is 11.4. The Balaban J connectivity index is 2.18. The summed E-state index contributed by atoms with van der Waals surface area (Å²) in [5, 5.41) is 0. The first-order valence-corrected chi connectivity index (χ1v) is 9.56. The van der Waals surface area contributed by atoms with Crippen LogP contribution >= 0.6 is 0 Å². The lowest BCUT2D eigenvalue weighted by molar-refractivity contribution is -0.141. The lowest BCUT2D eigenvalue weighted by Gasteiger charge is -2.19. The zero-order valence-corrected chi connectivity index (χ0v) is 15.0. The fraction of sp³-hybridized carbons (Fsp3) is 0.250. The maximum atomic E-state index is 12.7. The van der Waals surface area contributed by atoms with E-state index in [0.717, 1.165) is 5.56 Å². The highest BCUT2D eigenvalue weighted by Gasteiger charge is 2.23. The van der Waals surface area contributed by atoms with Gasteiger partial charge in [0.1, 0.15) is 0 Å². The quantitative estimate of drug-likeness (QED) is 0.667. The zero-order valence-electron chi connectivity index (χ0n) is 14.2. The van der Waals surface area contributed by atoms with Gasteiger partial charge in [0.25, 0.3) is 0 Å². The van der Waals surface area contributed by atoms with E-state index in [1.165, 1.54) is 6.92 Å². The van der Waals surface area contributed by atoms with Crippen molar-refractivity contribution >= 4 is 15.8 Å². The predicted octanol–water partition coefficient (Wildman–Crippen LogP) is 4.10. The molecular weight excluding hydrogens is 336 g/mol. The maximum absolute atomic E-state index is 12.7. The summed E-state index contributed by atoms with van der Waals surface area (Å²) >= 11 is 0. The first-order chi connectivity index (χ1) is 11.9. The van der Waals surface area contributed by atoms with Crippen molar-refractivity contribution < 1.29 is 17.9 Å². The van der Waals surface area contributed by atoms with Gasteiger partial charge in [-0.3, -0.25) is 4.79 Å². The Morgan fingerprint density at radius 2 is 1.60 bits per heavy atom. The molecular formula is C20H22O4S. The lowest BCUT2D eigenvalue weighted by atomic mass is 9.93. The van der Waals surface area contributed by atoms with Crippen molar-refractivity contribution in [2.24, 2.45) is 0 Å². The van der Waals surface area contributed by atoms with Crippen molar-refractivity contribution in [1.82, 2.24) is 0 Å². The van der Waals surface area contributed by atoms with Gasteiger partial charge in [-0.1, -0.05) is 55.1 Å². The van der Waals surface area contributed by atoms with Gasteiger partial charge < -0.3 is 4.74 Å². The van der Waals surface area contributed by atoms with Crippen molar-refractivity contribution in [3.63, 3.8) is 0 Å². The molecule has 0 fully saturated rings. The van der Waals surface area contributed by atoms with E-state index in [-0.39, 0.29) is 34.7 Å². The van der Waals surface area contributed by atoms with Crippen molar-refractivity contribution in [2.45, 2.75) is 30.6 Å². The summed E-state index contributed by atoms with van der Waals surface area (Å²) in [6.07, 6.45) is 0.815. The van der Waals surface area contributed by atoms with Crippen LogP contribution in [0.3, 0.4) is 0 Å². The van der Waals surface area contributed by atoms with Gasteiger partial charge >= 0.3 is 5.97 Å². The van der Waals surface area contributed by atoms with Crippen molar-refractivity contribution in [1.29, 1.82) is 0 Å². The molecule has 1 unspecified atom stereocenters. The number of sulfone groups is 1. The summed E-state index contributed by atoms with van der Waals surface area (Å²) in [6.45, 7) is 5.42. The number of benzene rings is 2. The molecule has 0 heterocycles. The van der Waals surface area contributed by atoms with Crippen molar-refractivity contribution in [2.75, 3.05) is 6.61 Å². The Morgan fingerprint density at radius 3 is 2.16 bits per heavy atom. The molecule has 0 saturated heterocycles. The molecule has 0 aromatic heterocycles. The topological polar surface area (TPSA) is 60.4 Å². The fourth-order valence-corrected chi connectivity index (χ4v) is 3.88. The van der Waals surface area contributed by atoms with Crippen LogP contribution in [0.1, 0.15) is 31.2 Å². The molecule has 0 aliphatic heterocycles. The minimum absolute atomic E-state index is 0.0912. The van der Waals surface area contributed by atoms with E-state index in [9.17, 15) is 13.2 Å². The Morgan fingerprint density at radius 1 is 1.04 bits per heavy atom. The third-order valence-electron chi connectivity index (χ3n) is 3.95. The van der Waals surface area contributed by atoms with Gasteiger partial charge in [0.15, 0.2) is 0 Å². The van der Waals surface area contributed by atoms with Crippen LogP contribution in [0.4, 0.5) is 0 Å². The molecule has 25 heavy (non-hydrogen) atoms. The first-order valence-electron chi connectivity index (χ1n) is 8.07. The highest BCUT2D eigenvalue weighted by molar-refractivity contribution is 7.95. The molecule has 2 rings (SSSR count). The second-order valence-electron chi connectivity index (χ2n) is 5.80. The number of hydrogen-bond donors (Lipinski definition) is 0. The Kier molecular flexibility index (Phi) is 6.53. The van der Waals surface area contributed by atoms with Gasteiger partial charge in [-0.05, 0) is 36.5 Å². The summed E-state index contributed by atoms with van der Waals surface area (Å²) < 4.78 is 30.4. The third-order valence-corrected chi connectivity index (χ3v) is 5.77. The van der Waals surface area contributed by atoms with E-state index in [2.05, 4.69) is 6.58 Å². The van der Waals surface area contributed by atoms with E-state index in [0.29, 0.717) is 6.42 Å². The molecule has 0 radical (unpaired) electrons. The SMILES string of the molecule is C=C(CC(CCOC(C)=O)c1ccccc1)S(=O)(=O)c1ccccc1. The average Bonchev–Trinajstić information content (AvgIpc) is 2.62. The standard InChI is InChI=1S/C20H22O4S/c1-16(25(22,23)20-11-7-4-8-12-20)15-19(13-14-24-17(2)21)18-9-5-3-6-10-18/h3-12,19H,1,13-15H2,2H3. The van der Waals surface area contributed by atoms with Gasteiger partial charge in [-0.25, -0.2) is 8.42 Å². The molecule has 2 aromatic rings. The van der Waals surface area contributed by atoms with Gasteiger partial charge in [-0.15, -0.1) is 0 Å². The van der Waals surface area contributed by atoms with E-state index in [1.54, 1.807) is 30.3 Å². The number of rotatable bonds is 8. The largest absolute Gasteiger partial charge is 0.466 e. The monoisotopic (exact) mass is 358 g/mol. The van der Waals surface area contributed by atoms with E-state index in [1.807, 2.05) is 30.3 Å². The van der Waals surface area contributed by atoms with Crippen molar-refractivity contribution in [3.8, 4) is 0 Å². The van der Waals surface area contributed by atoms with E-state index in [4.69, 9.17) is 4.74 Å². The molecule has 1 atom stereocenters. The Hall–Kier alpha value is -2.40. The van der Waals surface area contributed by atoms with Crippen LogP contribution in [-0.4, -0.2) is 21.0 Å². The maximum Gasteiger partial charge on any atom is 0.302 e. The molecule has 0 amide bonds. The van der Waals surface area contributed by atoms with Crippen LogP contribution in [0.2, 0.25) is 0 Å². The van der Waals surface area contributed by atoms with Gasteiger partial charge in [-0.2, -0.15) is 0 Å². The number of allylic oxidation sites excluding steroid dienone is 1. The Labute approximate surface area is 149 Å². The highest BCUT2D eigenvalue weighted by atomic mass is 32.2. The average molecular weight is 358 g/mol. The molecule has 0 aliphatic rings. The van der Waals surface area contributed by atoms with Crippen LogP contribution in [0.15, 0.2) is 77.0 Å². The zero-order chi connectivity index (χ0) is 18.3. The van der Waals surface area contributed by atoms with Crippen LogP contribution in [-0.2, 0) is 19.4 Å². The van der Waals surface area contributed by atoms with Crippen LogP contribution in [0.25, 0.3) is 0 Å². The number of carbonyl (C=O) groups is 1. The number of hydrogen-bond acceptors (Lipinski definition) is 4. The summed E-state index contributed by atoms with van der Waals surface area (Å²) in [6, 6.07) is 17.9. The normalized spacial score (nSPS) is 12.4. The number of ether oxygens (including phenoxy) is 1. The molecule has 132 valence electrons. The fourth-order valence-electron chi connectivity index (χ4n) is 2.61. The van der Waals surface area contributed by atoms with E-state index >= 15 is 0 Å². The molecule has 2 aromatic carbocycles. The van der Waals surface area contributed by atoms with Gasteiger partial charge in [0.2, 0.25) is 9.84 Å². The Bertz CT molecular complexity index is 811. The molecule has 0 saturated carbocycles. The van der Waals surface area contributed by atoms with Crippen LogP contribution < -0.4 is 0 Å². The lowest BCUT2D eigenvalue weighted by Crippen LogP contribution is -2.11. The summed E-state index contributed by atoms with van der Waals surface area (Å²) in [5.74, 6) is -0.436. The second-order valence-corrected chi connectivity index (χ2v) is 7.85. The number of esters is 1. The molecule has 5 heteroatoms. The predicted molar refractivity (Wildman–Crippen MR) is 97.8 cm³/mol. The number of carbonyl (C=O) groups excluding carboxylic acids is 1. The molecule has 0 spiro atoms. The van der Waals surface area contributed by atoms with Crippen molar-refractivity contribution in [3.05, 3.63) is 77.7 Å². The molecule has 0 bridgehead atoms. The molecule has 4 nitrogen and oxygen atoms in total. The summed E-state index contributed by atoms with van der Waals surface area (Å²) in [5.41, 5.74) is 0.999. The smallest absolute Gasteiger partial charge is 0.302 e. The highest BCUT2D eigenvalue weighted by Crippen LogP contribution is 2.31. The second kappa shape index (κ2) is 8.62. The van der Waals surface area contributed by atoms with Crippen LogP contribution in [0.5, 0.6) is 0 Å². The van der Waals surface area contributed by atoms with Crippen LogP contribution in [0, 0.1) is 0 Å².